The molecule has 2 aliphatic rings. The Hall–Kier alpha value is -4.10. The lowest BCUT2D eigenvalue weighted by Gasteiger charge is -2.35. The number of ether oxygens (including phenoxy) is 1. The van der Waals surface area contributed by atoms with Crippen molar-refractivity contribution < 1.29 is 26.7 Å². The number of imidazole rings is 1. The van der Waals surface area contributed by atoms with Crippen LogP contribution in [0.4, 0.5) is 20.2 Å². The van der Waals surface area contributed by atoms with E-state index in [0.29, 0.717) is 50.1 Å². The fourth-order valence-corrected chi connectivity index (χ4v) is 6.78. The summed E-state index contributed by atoms with van der Waals surface area (Å²) in [5, 5.41) is 2.48. The first-order chi connectivity index (χ1) is 19.7. The first kappa shape index (κ1) is 27.1. The Labute approximate surface area is 235 Å². The van der Waals surface area contributed by atoms with Crippen molar-refractivity contribution in [2.45, 2.75) is 37.0 Å². The lowest BCUT2D eigenvalue weighted by Crippen LogP contribution is -2.45. The van der Waals surface area contributed by atoms with Gasteiger partial charge in [0.1, 0.15) is 28.8 Å². The van der Waals surface area contributed by atoms with E-state index < -0.39 is 27.6 Å². The van der Waals surface area contributed by atoms with Gasteiger partial charge in [-0.3, -0.25) is 4.79 Å². The summed E-state index contributed by atoms with van der Waals surface area (Å²) in [4.78, 5) is 24.2. The maximum atomic E-state index is 15.0. The van der Waals surface area contributed by atoms with Gasteiger partial charge in [0.25, 0.3) is 5.91 Å². The Kier molecular flexibility index (Phi) is 7.08. The molecule has 2 fully saturated rings. The maximum absolute atomic E-state index is 15.0. The van der Waals surface area contributed by atoms with Crippen molar-refractivity contribution in [2.24, 2.45) is 0 Å². The van der Waals surface area contributed by atoms with Gasteiger partial charge < -0.3 is 19.4 Å². The van der Waals surface area contributed by atoms with Crippen molar-refractivity contribution in [2.75, 3.05) is 30.4 Å². The molecule has 13 heteroatoms. The van der Waals surface area contributed by atoms with Crippen LogP contribution in [0, 0.1) is 11.6 Å². The molecular weight excluding hydrogens is 554 g/mol. The molecule has 6 rings (SSSR count). The quantitative estimate of drug-likeness (QED) is 0.323. The van der Waals surface area contributed by atoms with E-state index in [-0.39, 0.29) is 39.7 Å². The fourth-order valence-electron chi connectivity index (χ4n) is 5.13. The molecule has 0 unspecified atom stereocenters. The van der Waals surface area contributed by atoms with Gasteiger partial charge in [-0.2, -0.15) is 0 Å². The minimum absolute atomic E-state index is 0.0424. The van der Waals surface area contributed by atoms with Crippen molar-refractivity contribution in [3.63, 3.8) is 0 Å². The summed E-state index contributed by atoms with van der Waals surface area (Å²) in [6.07, 6.45) is 7.13. The van der Waals surface area contributed by atoms with E-state index in [1.807, 2.05) is 4.90 Å². The summed E-state index contributed by atoms with van der Waals surface area (Å²) in [5.74, 6) is -1.52. The molecule has 2 aromatic carbocycles. The van der Waals surface area contributed by atoms with Gasteiger partial charge in [-0.1, -0.05) is 6.07 Å². The van der Waals surface area contributed by atoms with Gasteiger partial charge >= 0.3 is 0 Å². The number of hydrogen-bond acceptors (Lipinski definition) is 7. The summed E-state index contributed by atoms with van der Waals surface area (Å²) >= 11 is 0. The number of nitrogens with one attached hydrogen (secondary N) is 2. The number of benzene rings is 2. The molecule has 10 nitrogen and oxygen atoms in total. The molecule has 1 aliphatic carbocycles. The summed E-state index contributed by atoms with van der Waals surface area (Å²) in [6, 6.07) is 8.32. The van der Waals surface area contributed by atoms with E-state index >= 15 is 0 Å². The highest BCUT2D eigenvalue weighted by Crippen LogP contribution is 2.35. The molecule has 2 aromatic heterocycles. The number of methoxy groups -OCH3 is 1. The van der Waals surface area contributed by atoms with Gasteiger partial charge in [0.05, 0.1) is 29.3 Å². The number of rotatable bonds is 8. The predicted molar refractivity (Wildman–Crippen MR) is 150 cm³/mol. The normalized spacial score (nSPS) is 16.2. The second-order valence-electron chi connectivity index (χ2n) is 10.2. The summed E-state index contributed by atoms with van der Waals surface area (Å²) in [5.41, 5.74) is 1.31. The molecule has 0 atom stereocenters. The number of halogens is 2. The van der Waals surface area contributed by atoms with E-state index in [1.165, 1.54) is 43.8 Å². The average Bonchev–Trinajstić information content (AvgIpc) is 3.72. The Bertz CT molecular complexity index is 1730. The number of fused-ring (bicyclic) bond motifs is 1. The Balaban J connectivity index is 1.26. The van der Waals surface area contributed by atoms with Gasteiger partial charge in [-0.05, 0) is 56.0 Å². The molecule has 4 aromatic rings. The van der Waals surface area contributed by atoms with Crippen molar-refractivity contribution in [3.05, 3.63) is 72.3 Å². The van der Waals surface area contributed by atoms with Crippen LogP contribution in [0.5, 0.6) is 5.75 Å². The summed E-state index contributed by atoms with van der Waals surface area (Å²) < 4.78 is 63.7. The lowest BCUT2D eigenvalue weighted by atomic mass is 10.0. The molecule has 1 aliphatic heterocycles. The first-order valence-electron chi connectivity index (χ1n) is 13.3. The number of anilines is 2. The number of nitrogens with zero attached hydrogens (tertiary/aromatic N) is 4. The third-order valence-electron chi connectivity index (χ3n) is 7.38. The minimum atomic E-state index is -3.29. The first-order valence-corrected chi connectivity index (χ1v) is 14.8. The molecule has 0 spiro atoms. The van der Waals surface area contributed by atoms with Gasteiger partial charge in [-0.25, -0.2) is 31.9 Å². The molecule has 0 radical (unpaired) electrons. The zero-order chi connectivity index (χ0) is 28.7. The van der Waals surface area contributed by atoms with E-state index in [9.17, 15) is 22.0 Å². The molecule has 41 heavy (non-hydrogen) atoms. The van der Waals surface area contributed by atoms with Crippen LogP contribution in [0.25, 0.3) is 16.9 Å². The van der Waals surface area contributed by atoms with Gasteiger partial charge in [0.15, 0.2) is 5.65 Å². The third-order valence-corrected chi connectivity index (χ3v) is 9.39. The smallest absolute Gasteiger partial charge is 0.275 e. The molecule has 1 amide bonds. The number of sulfonamides is 1. The minimum Gasteiger partial charge on any atom is -0.496 e. The second kappa shape index (κ2) is 10.7. The summed E-state index contributed by atoms with van der Waals surface area (Å²) in [6.45, 7) is 1.03. The second-order valence-corrected chi connectivity index (χ2v) is 12.2. The van der Waals surface area contributed by atoms with Crippen LogP contribution in [0.15, 0.2) is 55.0 Å². The Morgan fingerprint density at radius 1 is 1.10 bits per heavy atom. The number of carbonyl (C=O) groups is 1. The van der Waals surface area contributed by atoms with E-state index in [0.717, 1.165) is 0 Å². The van der Waals surface area contributed by atoms with Crippen LogP contribution in [-0.4, -0.2) is 60.2 Å². The highest BCUT2D eigenvalue weighted by atomic mass is 32.2. The molecule has 214 valence electrons. The number of amides is 1. The highest BCUT2D eigenvalue weighted by molar-refractivity contribution is 7.90. The van der Waals surface area contributed by atoms with Crippen molar-refractivity contribution >= 4 is 33.0 Å². The number of aromatic nitrogens is 3. The van der Waals surface area contributed by atoms with Crippen LogP contribution < -0.4 is 19.7 Å². The van der Waals surface area contributed by atoms with Crippen LogP contribution in [0.1, 0.15) is 36.2 Å². The van der Waals surface area contributed by atoms with Gasteiger partial charge in [0.2, 0.25) is 10.0 Å². The number of hydrogen-bond donors (Lipinski definition) is 2. The lowest BCUT2D eigenvalue weighted by molar-refractivity contribution is 0.102. The Morgan fingerprint density at radius 2 is 1.88 bits per heavy atom. The zero-order valence-corrected chi connectivity index (χ0v) is 23.0. The molecular formula is C28H28F2N6O4S. The largest absolute Gasteiger partial charge is 0.496 e. The fraction of sp³-hybridized carbons (Fsp3) is 0.321. The Morgan fingerprint density at radius 3 is 2.61 bits per heavy atom. The average molecular weight is 583 g/mol. The van der Waals surface area contributed by atoms with Crippen LogP contribution in [-0.2, 0) is 10.0 Å². The predicted octanol–water partition coefficient (Wildman–Crippen LogP) is 3.99. The highest BCUT2D eigenvalue weighted by Gasteiger charge is 2.37. The van der Waals surface area contributed by atoms with Crippen LogP contribution >= 0.6 is 0 Å². The van der Waals surface area contributed by atoms with E-state index in [1.54, 1.807) is 22.7 Å². The third kappa shape index (κ3) is 5.46. The van der Waals surface area contributed by atoms with Crippen LogP contribution in [0.3, 0.4) is 0 Å². The number of piperidine rings is 1. The molecule has 2 N–H and O–H groups in total. The topological polar surface area (TPSA) is 118 Å². The standard InChI is InChI=1S/C28H28F2N6O4S/c1-40-24-4-2-3-20(30)25(24)26-27-31-11-14-36(27)16-22(32-26)28(37)33-21-15-17(29)5-8-23(21)35-12-9-18(10-13-35)34-41(38,39)19-6-7-19/h2-5,8,11,14-16,18-19,34H,6-7,9-10,12-13H2,1H3,(H,33,37). The van der Waals surface area contributed by atoms with Gasteiger partial charge in [0, 0.05) is 37.7 Å². The van der Waals surface area contributed by atoms with Gasteiger partial charge in [-0.15, -0.1) is 0 Å². The SMILES string of the molecule is COc1cccc(F)c1-c1nc(C(=O)Nc2cc(F)ccc2N2CCC(NS(=O)(=O)C3CC3)CC2)cn2ccnc12. The van der Waals surface area contributed by atoms with E-state index in [2.05, 4.69) is 20.0 Å². The van der Waals surface area contributed by atoms with Crippen molar-refractivity contribution in [1.29, 1.82) is 0 Å². The summed E-state index contributed by atoms with van der Waals surface area (Å²) in [7, 11) is -1.88. The molecule has 1 saturated carbocycles. The maximum Gasteiger partial charge on any atom is 0.275 e. The van der Waals surface area contributed by atoms with E-state index in [4.69, 9.17) is 4.74 Å². The molecule has 1 saturated heterocycles. The zero-order valence-electron chi connectivity index (χ0n) is 22.2. The van der Waals surface area contributed by atoms with Crippen molar-refractivity contribution in [3.8, 4) is 17.0 Å². The van der Waals surface area contributed by atoms with Crippen molar-refractivity contribution in [1.82, 2.24) is 19.1 Å². The number of carbonyl (C=O) groups excluding carboxylic acids is 1. The molecule has 0 bridgehead atoms. The molecule has 3 heterocycles. The monoisotopic (exact) mass is 582 g/mol. The van der Waals surface area contributed by atoms with Crippen LogP contribution in [0.2, 0.25) is 0 Å².